The lowest BCUT2D eigenvalue weighted by Crippen LogP contribution is -2.45. The van der Waals surface area contributed by atoms with E-state index in [1.165, 1.54) is 11.8 Å². The fraction of sp³-hybridized carbons (Fsp3) is 0.571. The average molecular weight is 453 g/mol. The molecule has 2 rings (SSSR count). The molecule has 31 heavy (non-hydrogen) atoms. The van der Waals surface area contributed by atoms with Crippen LogP contribution in [0.15, 0.2) is 30.3 Å². The van der Waals surface area contributed by atoms with Gasteiger partial charge in [0.15, 0.2) is 6.10 Å². The quantitative estimate of drug-likeness (QED) is 0.490. The van der Waals surface area contributed by atoms with Crippen molar-refractivity contribution in [3.8, 4) is 0 Å². The van der Waals surface area contributed by atoms with Crippen LogP contribution in [0.4, 0.5) is 4.79 Å². The molecule has 9 nitrogen and oxygen atoms in total. The van der Waals surface area contributed by atoms with Crippen LogP contribution in [0.3, 0.4) is 0 Å². The largest absolute Gasteiger partial charge is 0.534 e. The molecule has 1 fully saturated rings. The molecule has 0 aromatic heterocycles. The van der Waals surface area contributed by atoms with Gasteiger partial charge in [-0.3, -0.25) is 10.1 Å². The van der Waals surface area contributed by atoms with Crippen LogP contribution in [0.1, 0.15) is 51.5 Å². The second-order valence-corrected chi connectivity index (χ2v) is 8.83. The minimum absolute atomic E-state index is 0.0746. The van der Waals surface area contributed by atoms with Crippen LogP contribution in [-0.2, 0) is 30.0 Å². The molecule has 10 heteroatoms. The standard InChI is InChI=1S/C21H29N2O7P/c1-3-4-12-18(22-21(27)29-14-16-9-6-5-7-10-16)31(28)30-15(2)19(24)23-13-8-11-17(23)20(25)26/h5-7,9-10,15,17-18H,3-4,8,11-14H2,1-2H3,(H-,22,25,26,27)/p+1/t15?,17-,18?/m0/s1. The number of carboxylic acid groups (broad SMARTS) is 1. The third-order valence-electron chi connectivity index (χ3n) is 5.01. The van der Waals surface area contributed by atoms with E-state index in [-0.39, 0.29) is 6.61 Å². The number of alkyl carbamates (subject to hydrolysis) is 1. The fourth-order valence-electron chi connectivity index (χ4n) is 3.32. The molecule has 1 aromatic carbocycles. The Labute approximate surface area is 183 Å². The summed E-state index contributed by atoms with van der Waals surface area (Å²) in [5.74, 6) is -2.40. The highest BCUT2D eigenvalue weighted by Gasteiger charge is 2.42. The molecule has 1 saturated heterocycles. The Bertz CT molecular complexity index is 774. The number of carboxylic acids is 1. The van der Waals surface area contributed by atoms with Crippen LogP contribution in [0, 0.1) is 0 Å². The van der Waals surface area contributed by atoms with Crippen molar-refractivity contribution in [2.24, 2.45) is 0 Å². The first kappa shape index (κ1) is 24.8. The summed E-state index contributed by atoms with van der Waals surface area (Å²) in [7, 11) is -2.43. The molecule has 3 unspecified atom stereocenters. The number of carbonyl (C=O) groups is 3. The predicted molar refractivity (Wildman–Crippen MR) is 114 cm³/mol. The van der Waals surface area contributed by atoms with Crippen molar-refractivity contribution in [3.63, 3.8) is 0 Å². The normalized spacial score (nSPS) is 18.2. The smallest absolute Gasteiger partial charge is 0.480 e. The van der Waals surface area contributed by atoms with E-state index < -0.39 is 43.9 Å². The number of carbonyl (C=O) groups excluding carboxylic acids is 2. The SMILES string of the molecule is CCCCC(NC(=O)OCc1ccccc1)[P+](=O)OC(C)C(=O)N1CCC[C@H]1C(=O)O. The van der Waals surface area contributed by atoms with E-state index >= 15 is 0 Å². The molecular weight excluding hydrogens is 423 g/mol. The first-order valence-electron chi connectivity index (χ1n) is 10.5. The number of unbranched alkanes of at least 4 members (excludes halogenated alkanes) is 1. The number of rotatable bonds is 11. The zero-order chi connectivity index (χ0) is 22.8. The molecule has 170 valence electrons. The van der Waals surface area contributed by atoms with Gasteiger partial charge in [0.25, 0.3) is 11.7 Å². The predicted octanol–water partition coefficient (Wildman–Crippen LogP) is 3.65. The minimum atomic E-state index is -2.43. The molecule has 2 N–H and O–H groups in total. The van der Waals surface area contributed by atoms with Gasteiger partial charge in [-0.25, -0.2) is 9.59 Å². The molecule has 1 heterocycles. The van der Waals surface area contributed by atoms with Crippen LogP contribution in [0.25, 0.3) is 0 Å². The second-order valence-electron chi connectivity index (χ2n) is 7.42. The average Bonchev–Trinajstić information content (AvgIpc) is 3.25. The molecule has 1 aliphatic heterocycles. The molecule has 0 radical (unpaired) electrons. The summed E-state index contributed by atoms with van der Waals surface area (Å²) in [6, 6.07) is 8.27. The van der Waals surface area contributed by atoms with Crippen molar-refractivity contribution in [2.45, 2.75) is 70.5 Å². The number of ether oxygens (including phenoxy) is 1. The van der Waals surface area contributed by atoms with Crippen molar-refractivity contribution in [1.29, 1.82) is 0 Å². The molecule has 1 aliphatic rings. The highest BCUT2D eigenvalue weighted by molar-refractivity contribution is 7.40. The number of hydrogen-bond donors (Lipinski definition) is 2. The third-order valence-corrected chi connectivity index (χ3v) is 6.43. The van der Waals surface area contributed by atoms with E-state index in [2.05, 4.69) is 5.32 Å². The Morgan fingerprint density at radius 2 is 2.00 bits per heavy atom. The zero-order valence-corrected chi connectivity index (χ0v) is 18.8. The summed E-state index contributed by atoms with van der Waals surface area (Å²) in [5, 5.41) is 11.8. The molecule has 0 saturated carbocycles. The van der Waals surface area contributed by atoms with Crippen molar-refractivity contribution < 1.29 is 33.3 Å². The lowest BCUT2D eigenvalue weighted by molar-refractivity contribution is -0.150. The summed E-state index contributed by atoms with van der Waals surface area (Å²) in [6.07, 6.45) is 1.08. The number of likely N-dealkylation sites (tertiary alicyclic amines) is 1. The van der Waals surface area contributed by atoms with E-state index in [9.17, 15) is 24.1 Å². The van der Waals surface area contributed by atoms with Crippen molar-refractivity contribution in [1.82, 2.24) is 10.2 Å². The highest BCUT2D eigenvalue weighted by atomic mass is 31.1. The fourth-order valence-corrected chi connectivity index (χ4v) is 4.48. The number of benzene rings is 1. The van der Waals surface area contributed by atoms with Gasteiger partial charge < -0.3 is 14.7 Å². The minimum Gasteiger partial charge on any atom is -0.480 e. The number of hydrogen-bond acceptors (Lipinski definition) is 6. The maximum absolute atomic E-state index is 12.8. The van der Waals surface area contributed by atoms with Gasteiger partial charge in [-0.05, 0) is 36.3 Å². The molecule has 2 amide bonds. The molecule has 4 atom stereocenters. The van der Waals surface area contributed by atoms with Gasteiger partial charge in [0.05, 0.1) is 0 Å². The van der Waals surface area contributed by atoms with Crippen molar-refractivity contribution >= 4 is 26.0 Å². The maximum atomic E-state index is 12.8. The highest BCUT2D eigenvalue weighted by Crippen LogP contribution is 2.34. The van der Waals surface area contributed by atoms with Gasteiger partial charge in [0.2, 0.25) is 0 Å². The molecule has 1 aromatic rings. The summed E-state index contributed by atoms with van der Waals surface area (Å²) in [5.41, 5.74) is 0.821. The van der Waals surface area contributed by atoms with Crippen LogP contribution in [-0.4, -0.2) is 52.4 Å². The van der Waals surface area contributed by atoms with E-state index in [1.54, 1.807) is 0 Å². The number of nitrogens with one attached hydrogen (secondary N) is 1. The lowest BCUT2D eigenvalue weighted by Gasteiger charge is -2.23. The van der Waals surface area contributed by atoms with Crippen LogP contribution < -0.4 is 5.32 Å². The number of amides is 2. The number of aliphatic carboxylic acids is 1. The summed E-state index contributed by atoms with van der Waals surface area (Å²) in [6.45, 7) is 3.80. The van der Waals surface area contributed by atoms with Crippen molar-refractivity contribution in [2.75, 3.05) is 6.54 Å². The van der Waals surface area contributed by atoms with Gasteiger partial charge in [0.1, 0.15) is 12.6 Å². The Balaban J connectivity index is 1.92. The maximum Gasteiger partial charge on any atom is 0.534 e. The van der Waals surface area contributed by atoms with E-state index in [0.717, 1.165) is 12.0 Å². The molecule has 0 bridgehead atoms. The van der Waals surface area contributed by atoms with E-state index in [0.29, 0.717) is 32.2 Å². The van der Waals surface area contributed by atoms with Crippen molar-refractivity contribution in [3.05, 3.63) is 35.9 Å². The van der Waals surface area contributed by atoms with Gasteiger partial charge in [0, 0.05) is 13.0 Å². The van der Waals surface area contributed by atoms with Crippen LogP contribution in [0.2, 0.25) is 0 Å². The Kier molecular flexibility index (Phi) is 9.88. The second kappa shape index (κ2) is 12.4. The topological polar surface area (TPSA) is 122 Å². The van der Waals surface area contributed by atoms with Crippen LogP contribution >= 0.6 is 8.03 Å². The lowest BCUT2D eigenvalue weighted by atomic mass is 10.2. The monoisotopic (exact) mass is 453 g/mol. The summed E-state index contributed by atoms with van der Waals surface area (Å²) >= 11 is 0. The zero-order valence-electron chi connectivity index (χ0n) is 17.9. The Hall–Kier alpha value is -2.51. The first-order chi connectivity index (χ1) is 14.8. The third kappa shape index (κ3) is 7.60. The van der Waals surface area contributed by atoms with Gasteiger partial charge >= 0.3 is 20.1 Å². The number of nitrogens with zero attached hydrogens (tertiary/aromatic N) is 1. The molecule has 0 aliphatic carbocycles. The van der Waals surface area contributed by atoms with E-state index in [1.807, 2.05) is 37.3 Å². The summed E-state index contributed by atoms with van der Waals surface area (Å²) in [4.78, 5) is 37.4. The Morgan fingerprint density at radius 1 is 1.29 bits per heavy atom. The van der Waals surface area contributed by atoms with Gasteiger partial charge in [-0.15, -0.1) is 4.52 Å². The molecule has 0 spiro atoms. The first-order valence-corrected chi connectivity index (χ1v) is 11.7. The molecular formula is C21H30N2O7P+. The van der Waals surface area contributed by atoms with Crippen LogP contribution in [0.5, 0.6) is 0 Å². The van der Waals surface area contributed by atoms with Gasteiger partial charge in [-0.2, -0.15) is 0 Å². The van der Waals surface area contributed by atoms with E-state index in [4.69, 9.17) is 9.26 Å². The van der Waals surface area contributed by atoms with Gasteiger partial charge in [-0.1, -0.05) is 43.7 Å². The summed E-state index contributed by atoms with van der Waals surface area (Å²) < 4.78 is 23.4. The Morgan fingerprint density at radius 3 is 2.65 bits per heavy atom.